The van der Waals surface area contributed by atoms with Gasteiger partial charge in [-0.3, -0.25) is 4.79 Å². The Kier molecular flexibility index (Phi) is 4.18. The quantitative estimate of drug-likeness (QED) is 0.865. The van der Waals surface area contributed by atoms with Crippen molar-refractivity contribution in [3.8, 4) is 0 Å². The average molecular weight is 297 g/mol. The zero-order valence-corrected chi connectivity index (χ0v) is 13.3. The molecule has 0 saturated heterocycles. The lowest BCUT2D eigenvalue weighted by molar-refractivity contribution is -0.170. The van der Waals surface area contributed by atoms with Crippen molar-refractivity contribution >= 4 is 17.2 Å². The molecular formula is C14H23N3O2S. The van der Waals surface area contributed by atoms with Crippen LogP contribution in [-0.2, 0) is 16.1 Å². The second-order valence-electron chi connectivity index (χ2n) is 5.88. The Balaban J connectivity index is 1.98. The van der Waals surface area contributed by atoms with Crippen LogP contribution in [0.3, 0.4) is 0 Å². The van der Waals surface area contributed by atoms with E-state index < -0.39 is 5.54 Å². The molecule has 1 heterocycles. The minimum absolute atomic E-state index is 0.0494. The Morgan fingerprint density at radius 3 is 2.85 bits per heavy atom. The fourth-order valence-electron chi connectivity index (χ4n) is 2.63. The summed E-state index contributed by atoms with van der Waals surface area (Å²) < 4.78 is 5.64. The van der Waals surface area contributed by atoms with Gasteiger partial charge in [0, 0.05) is 23.3 Å². The fraction of sp³-hybridized carbons (Fsp3) is 0.714. The van der Waals surface area contributed by atoms with Crippen molar-refractivity contribution in [2.45, 2.75) is 52.3 Å². The number of nitrogens with two attached hydrogens (primary N) is 1. The van der Waals surface area contributed by atoms with Crippen molar-refractivity contribution < 1.29 is 9.53 Å². The monoisotopic (exact) mass is 297 g/mol. The van der Waals surface area contributed by atoms with Gasteiger partial charge in [-0.1, -0.05) is 13.8 Å². The predicted octanol–water partition coefficient (Wildman–Crippen LogP) is 1.60. The summed E-state index contributed by atoms with van der Waals surface area (Å²) in [7, 11) is 0. The van der Waals surface area contributed by atoms with Crippen LogP contribution >= 0.6 is 11.3 Å². The molecule has 2 atom stereocenters. The first-order valence-electron chi connectivity index (χ1n) is 6.90. The zero-order chi connectivity index (χ0) is 15.0. The van der Waals surface area contributed by atoms with E-state index in [4.69, 9.17) is 10.5 Å². The van der Waals surface area contributed by atoms with Crippen molar-refractivity contribution in [3.63, 3.8) is 0 Å². The zero-order valence-electron chi connectivity index (χ0n) is 12.5. The van der Waals surface area contributed by atoms with E-state index in [1.807, 2.05) is 27.7 Å². The van der Waals surface area contributed by atoms with Crippen molar-refractivity contribution in [1.29, 1.82) is 0 Å². The van der Waals surface area contributed by atoms with Gasteiger partial charge < -0.3 is 15.8 Å². The predicted molar refractivity (Wildman–Crippen MR) is 79.4 cm³/mol. The SMILES string of the molecule is CCOC1CC(N)(C(=O)NCc2scnc2C)C1(C)C. The molecule has 3 N–H and O–H groups in total. The first-order chi connectivity index (χ1) is 9.33. The van der Waals surface area contributed by atoms with Crippen LogP contribution in [0.5, 0.6) is 0 Å². The number of amides is 1. The summed E-state index contributed by atoms with van der Waals surface area (Å²) in [6, 6.07) is 0. The number of nitrogens with one attached hydrogen (secondary N) is 1. The Labute approximate surface area is 123 Å². The number of carbonyl (C=O) groups excluding carboxylic acids is 1. The van der Waals surface area contributed by atoms with E-state index in [0.717, 1.165) is 10.6 Å². The molecule has 0 radical (unpaired) electrons. The standard InChI is InChI=1S/C14H23N3O2S/c1-5-19-11-6-14(15,13(11,3)4)12(18)16-7-10-9(2)17-8-20-10/h8,11H,5-7,15H2,1-4H3,(H,16,18). The Morgan fingerprint density at radius 1 is 1.65 bits per heavy atom. The van der Waals surface area contributed by atoms with Gasteiger partial charge in [0.25, 0.3) is 0 Å². The summed E-state index contributed by atoms with van der Waals surface area (Å²) in [4.78, 5) is 17.7. The van der Waals surface area contributed by atoms with Crippen LogP contribution < -0.4 is 11.1 Å². The van der Waals surface area contributed by atoms with Crippen molar-refractivity contribution in [2.75, 3.05) is 6.61 Å². The van der Waals surface area contributed by atoms with Gasteiger partial charge in [-0.25, -0.2) is 4.98 Å². The lowest BCUT2D eigenvalue weighted by atomic mass is 9.54. The van der Waals surface area contributed by atoms with Gasteiger partial charge in [-0.05, 0) is 13.8 Å². The molecule has 1 aliphatic rings. The van der Waals surface area contributed by atoms with Gasteiger partial charge in [0.05, 0.1) is 23.9 Å². The van der Waals surface area contributed by atoms with E-state index in [9.17, 15) is 4.79 Å². The number of carbonyl (C=O) groups is 1. The highest BCUT2D eigenvalue weighted by molar-refractivity contribution is 7.09. The maximum absolute atomic E-state index is 12.4. The van der Waals surface area contributed by atoms with Gasteiger partial charge in [0.15, 0.2) is 0 Å². The van der Waals surface area contributed by atoms with Crippen LogP contribution in [0.25, 0.3) is 0 Å². The average Bonchev–Trinajstić information content (AvgIpc) is 2.81. The molecule has 1 amide bonds. The Hall–Kier alpha value is -0.980. The van der Waals surface area contributed by atoms with Crippen molar-refractivity contribution in [3.05, 3.63) is 16.1 Å². The Morgan fingerprint density at radius 2 is 2.35 bits per heavy atom. The first kappa shape index (κ1) is 15.4. The first-order valence-corrected chi connectivity index (χ1v) is 7.78. The summed E-state index contributed by atoms with van der Waals surface area (Å²) in [6.07, 6.45) is 0.620. The maximum atomic E-state index is 12.4. The normalized spacial score (nSPS) is 27.9. The lowest BCUT2D eigenvalue weighted by Crippen LogP contribution is -2.75. The second kappa shape index (κ2) is 5.42. The molecule has 20 heavy (non-hydrogen) atoms. The number of rotatable bonds is 5. The van der Waals surface area contributed by atoms with Gasteiger partial charge >= 0.3 is 0 Å². The van der Waals surface area contributed by atoms with Crippen molar-refractivity contribution in [2.24, 2.45) is 11.1 Å². The Bertz CT molecular complexity index is 500. The third-order valence-electron chi connectivity index (χ3n) is 4.49. The molecule has 1 saturated carbocycles. The molecular weight excluding hydrogens is 274 g/mol. The van der Waals surface area contributed by atoms with Crippen LogP contribution in [0.2, 0.25) is 0 Å². The highest BCUT2D eigenvalue weighted by atomic mass is 32.1. The fourth-order valence-corrected chi connectivity index (χ4v) is 3.35. The van der Waals surface area contributed by atoms with Gasteiger partial charge in [-0.2, -0.15) is 0 Å². The number of nitrogens with zero attached hydrogens (tertiary/aromatic N) is 1. The maximum Gasteiger partial charge on any atom is 0.241 e. The number of aromatic nitrogens is 1. The van der Waals surface area contributed by atoms with Gasteiger partial charge in [0.2, 0.25) is 5.91 Å². The molecule has 0 aromatic carbocycles. The molecule has 5 nitrogen and oxygen atoms in total. The molecule has 1 aliphatic carbocycles. The lowest BCUT2D eigenvalue weighted by Gasteiger charge is -2.57. The number of ether oxygens (including phenoxy) is 1. The van der Waals surface area contributed by atoms with E-state index in [-0.39, 0.29) is 17.4 Å². The third-order valence-corrected chi connectivity index (χ3v) is 5.42. The van der Waals surface area contributed by atoms with Crippen molar-refractivity contribution in [1.82, 2.24) is 10.3 Å². The molecule has 112 valence electrons. The van der Waals surface area contributed by atoms with E-state index in [0.29, 0.717) is 19.6 Å². The molecule has 1 fully saturated rings. The van der Waals surface area contributed by atoms with Crippen LogP contribution in [0.4, 0.5) is 0 Å². The van der Waals surface area contributed by atoms with Crippen LogP contribution in [0, 0.1) is 12.3 Å². The molecule has 0 aliphatic heterocycles. The minimum atomic E-state index is -0.856. The number of hydrogen-bond donors (Lipinski definition) is 2. The van der Waals surface area contributed by atoms with E-state index in [1.54, 1.807) is 16.8 Å². The van der Waals surface area contributed by atoms with Gasteiger partial charge in [-0.15, -0.1) is 11.3 Å². The highest BCUT2D eigenvalue weighted by Crippen LogP contribution is 2.49. The number of thiazole rings is 1. The van der Waals surface area contributed by atoms with E-state index in [2.05, 4.69) is 10.3 Å². The molecule has 2 unspecified atom stereocenters. The summed E-state index contributed by atoms with van der Waals surface area (Å²) in [5.41, 5.74) is 7.86. The summed E-state index contributed by atoms with van der Waals surface area (Å²) >= 11 is 1.55. The summed E-state index contributed by atoms with van der Waals surface area (Å²) in [5, 5.41) is 2.94. The molecule has 6 heteroatoms. The molecule has 1 aromatic rings. The number of hydrogen-bond acceptors (Lipinski definition) is 5. The number of aryl methyl sites for hydroxylation is 1. The van der Waals surface area contributed by atoms with Gasteiger partial charge in [0.1, 0.15) is 5.54 Å². The van der Waals surface area contributed by atoms with E-state index >= 15 is 0 Å². The highest BCUT2D eigenvalue weighted by Gasteiger charge is 2.62. The van der Waals surface area contributed by atoms with Crippen LogP contribution in [0.15, 0.2) is 5.51 Å². The molecule has 0 spiro atoms. The van der Waals surface area contributed by atoms with Crippen LogP contribution in [-0.4, -0.2) is 29.1 Å². The molecule has 0 bridgehead atoms. The molecule has 1 aromatic heterocycles. The van der Waals surface area contributed by atoms with Crippen LogP contribution in [0.1, 0.15) is 37.8 Å². The summed E-state index contributed by atoms with van der Waals surface area (Å²) in [5.74, 6) is -0.105. The summed E-state index contributed by atoms with van der Waals surface area (Å²) in [6.45, 7) is 9.02. The van der Waals surface area contributed by atoms with E-state index in [1.165, 1.54) is 0 Å². The smallest absolute Gasteiger partial charge is 0.241 e. The largest absolute Gasteiger partial charge is 0.378 e. The molecule has 2 rings (SSSR count). The third kappa shape index (κ3) is 2.36. The second-order valence-corrected chi connectivity index (χ2v) is 6.82. The minimum Gasteiger partial charge on any atom is -0.378 e. The topological polar surface area (TPSA) is 77.2 Å².